The van der Waals surface area contributed by atoms with Crippen LogP contribution in [0.15, 0.2) is 50.0 Å². The van der Waals surface area contributed by atoms with Gasteiger partial charge in [-0.1, -0.05) is 39.8 Å². The zero-order chi connectivity index (χ0) is 18.1. The highest BCUT2D eigenvalue weighted by Gasteiger charge is 2.36. The molecule has 8 heteroatoms. The summed E-state index contributed by atoms with van der Waals surface area (Å²) >= 11 is 4.79. The maximum absolute atomic E-state index is 12.7. The van der Waals surface area contributed by atoms with Gasteiger partial charge in [0.1, 0.15) is 5.82 Å². The number of nitrogens with zero attached hydrogens (tertiary/aromatic N) is 1. The number of aromatic amines is 1. The third-order valence-electron chi connectivity index (χ3n) is 4.00. The van der Waals surface area contributed by atoms with Gasteiger partial charge in [-0.2, -0.15) is 0 Å². The largest absolute Gasteiger partial charge is 0.466 e. The van der Waals surface area contributed by atoms with Crippen LogP contribution in [0.1, 0.15) is 24.0 Å². The fraction of sp³-hybridized carbons (Fsp3) is 0.235. The number of rotatable bonds is 3. The number of halogens is 1. The Balaban J connectivity index is 2.30. The number of carbonyl (C=O) groups is 1. The topological polar surface area (TPSA) is 84.1 Å². The summed E-state index contributed by atoms with van der Waals surface area (Å²) in [5, 5.41) is 3.59. The lowest BCUT2D eigenvalue weighted by Crippen LogP contribution is -2.30. The predicted octanol–water partition coefficient (Wildman–Crippen LogP) is 3.26. The van der Waals surface area contributed by atoms with Crippen molar-refractivity contribution in [1.82, 2.24) is 9.97 Å². The van der Waals surface area contributed by atoms with Gasteiger partial charge in [0.2, 0.25) is 0 Å². The summed E-state index contributed by atoms with van der Waals surface area (Å²) in [6, 6.07) is 7.52. The average molecular weight is 422 g/mol. The Morgan fingerprint density at radius 2 is 2.16 bits per heavy atom. The van der Waals surface area contributed by atoms with E-state index in [4.69, 9.17) is 4.74 Å². The van der Waals surface area contributed by atoms with E-state index in [-0.39, 0.29) is 5.56 Å². The molecule has 1 aliphatic rings. The van der Waals surface area contributed by atoms with Crippen molar-refractivity contribution in [3.05, 3.63) is 61.5 Å². The Labute approximate surface area is 157 Å². The standard InChI is InChI=1S/C17H16BrN3O3S/c1-8-11(16(23)24-2)12(9-5-4-6-10(18)7-9)13-14(19-8)20-17(25-3)21-15(13)22/h4-7,12H,1-3H3,(H2,19,20,21,22)/t12-/m0/s1. The Kier molecular flexibility index (Phi) is 5.01. The maximum Gasteiger partial charge on any atom is 0.336 e. The van der Waals surface area contributed by atoms with Crippen LogP contribution in [0.2, 0.25) is 0 Å². The highest BCUT2D eigenvalue weighted by molar-refractivity contribution is 9.10. The van der Waals surface area contributed by atoms with Crippen molar-refractivity contribution in [2.24, 2.45) is 0 Å². The highest BCUT2D eigenvalue weighted by atomic mass is 79.9. The number of ether oxygens (including phenoxy) is 1. The van der Waals surface area contributed by atoms with Gasteiger partial charge in [0, 0.05) is 10.2 Å². The minimum absolute atomic E-state index is 0.277. The first-order chi connectivity index (χ1) is 12.0. The lowest BCUT2D eigenvalue weighted by Gasteiger charge is -2.28. The van der Waals surface area contributed by atoms with Crippen LogP contribution in [0.5, 0.6) is 0 Å². The zero-order valence-corrected chi connectivity index (χ0v) is 16.2. The molecular weight excluding hydrogens is 406 g/mol. The first-order valence-corrected chi connectivity index (χ1v) is 9.47. The fourth-order valence-electron chi connectivity index (χ4n) is 2.93. The number of hydrogen-bond donors (Lipinski definition) is 2. The number of aromatic nitrogens is 2. The van der Waals surface area contributed by atoms with E-state index in [0.29, 0.717) is 27.8 Å². The Hall–Kier alpha value is -2.06. The smallest absolute Gasteiger partial charge is 0.336 e. The summed E-state index contributed by atoms with van der Waals surface area (Å²) in [4.78, 5) is 32.4. The van der Waals surface area contributed by atoms with Gasteiger partial charge in [-0.25, -0.2) is 9.78 Å². The summed E-state index contributed by atoms with van der Waals surface area (Å²) in [5.74, 6) is -0.578. The normalized spacial score (nSPS) is 16.2. The van der Waals surface area contributed by atoms with Crippen LogP contribution >= 0.6 is 27.7 Å². The van der Waals surface area contributed by atoms with E-state index in [2.05, 4.69) is 31.2 Å². The van der Waals surface area contributed by atoms with E-state index in [9.17, 15) is 9.59 Å². The van der Waals surface area contributed by atoms with Gasteiger partial charge in [0.05, 0.1) is 24.2 Å². The molecule has 0 unspecified atom stereocenters. The lowest BCUT2D eigenvalue weighted by molar-refractivity contribution is -0.136. The minimum Gasteiger partial charge on any atom is -0.466 e. The molecule has 0 saturated carbocycles. The summed E-state index contributed by atoms with van der Waals surface area (Å²) < 4.78 is 5.81. The molecule has 0 bridgehead atoms. The molecule has 6 nitrogen and oxygen atoms in total. The highest BCUT2D eigenvalue weighted by Crippen LogP contribution is 2.40. The van der Waals surface area contributed by atoms with E-state index in [1.165, 1.54) is 18.9 Å². The number of allylic oxidation sites excluding steroid dienone is 1. The van der Waals surface area contributed by atoms with Crippen molar-refractivity contribution in [3.8, 4) is 0 Å². The molecule has 0 amide bonds. The SMILES string of the molecule is COC(=O)C1=C(C)Nc2nc(SC)[nH]c(=O)c2[C@H]1c1cccc(Br)c1. The second-order valence-corrected chi connectivity index (χ2v) is 7.19. The first-order valence-electron chi connectivity index (χ1n) is 7.46. The summed E-state index contributed by atoms with van der Waals surface area (Å²) in [6.45, 7) is 1.78. The second kappa shape index (κ2) is 7.05. The quantitative estimate of drug-likeness (QED) is 0.449. The molecule has 1 aliphatic heterocycles. The average Bonchev–Trinajstić information content (AvgIpc) is 2.59. The van der Waals surface area contributed by atoms with Crippen molar-refractivity contribution < 1.29 is 9.53 Å². The lowest BCUT2D eigenvalue weighted by atomic mass is 9.82. The number of esters is 1. The number of fused-ring (bicyclic) bond motifs is 1. The molecule has 2 heterocycles. The van der Waals surface area contributed by atoms with Gasteiger partial charge in [-0.05, 0) is 30.9 Å². The van der Waals surface area contributed by atoms with Gasteiger partial charge in [0.25, 0.3) is 5.56 Å². The molecule has 130 valence electrons. The van der Waals surface area contributed by atoms with Crippen molar-refractivity contribution in [1.29, 1.82) is 0 Å². The second-order valence-electron chi connectivity index (χ2n) is 5.48. The molecule has 2 N–H and O–H groups in total. The van der Waals surface area contributed by atoms with E-state index >= 15 is 0 Å². The molecule has 0 spiro atoms. The molecule has 3 rings (SSSR count). The minimum atomic E-state index is -0.562. The zero-order valence-electron chi connectivity index (χ0n) is 13.8. The number of thioether (sulfide) groups is 1. The van der Waals surface area contributed by atoms with Gasteiger partial charge in [-0.15, -0.1) is 0 Å². The van der Waals surface area contributed by atoms with Crippen LogP contribution in [-0.2, 0) is 9.53 Å². The predicted molar refractivity (Wildman–Crippen MR) is 101 cm³/mol. The van der Waals surface area contributed by atoms with Gasteiger partial charge < -0.3 is 15.0 Å². The first kappa shape index (κ1) is 17.8. The van der Waals surface area contributed by atoms with Crippen LogP contribution in [0.4, 0.5) is 5.82 Å². The van der Waals surface area contributed by atoms with E-state index < -0.39 is 11.9 Å². The van der Waals surface area contributed by atoms with Crippen LogP contribution in [0.3, 0.4) is 0 Å². The molecule has 1 aromatic heterocycles. The van der Waals surface area contributed by atoms with Crippen LogP contribution in [0.25, 0.3) is 0 Å². The molecular formula is C17H16BrN3O3S. The number of nitrogens with one attached hydrogen (secondary N) is 2. The van der Waals surface area contributed by atoms with Crippen molar-refractivity contribution in [3.63, 3.8) is 0 Å². The molecule has 1 aromatic carbocycles. The summed E-state index contributed by atoms with van der Waals surface area (Å²) in [7, 11) is 1.33. The van der Waals surface area contributed by atoms with Crippen molar-refractivity contribution in [2.75, 3.05) is 18.7 Å². The van der Waals surface area contributed by atoms with E-state index in [0.717, 1.165) is 10.0 Å². The molecule has 0 saturated heterocycles. The summed E-state index contributed by atoms with van der Waals surface area (Å²) in [6.07, 6.45) is 1.84. The number of hydrogen-bond acceptors (Lipinski definition) is 6. The maximum atomic E-state index is 12.7. The number of methoxy groups -OCH3 is 1. The number of H-pyrrole nitrogens is 1. The third-order valence-corrected chi connectivity index (χ3v) is 5.07. The molecule has 0 radical (unpaired) electrons. The monoisotopic (exact) mass is 421 g/mol. The number of benzene rings is 1. The molecule has 2 aromatic rings. The van der Waals surface area contributed by atoms with Gasteiger partial charge >= 0.3 is 5.97 Å². The molecule has 1 atom stereocenters. The van der Waals surface area contributed by atoms with E-state index in [1.807, 2.05) is 30.5 Å². The summed E-state index contributed by atoms with van der Waals surface area (Å²) in [5.41, 5.74) is 1.95. The Bertz CT molecular complexity index is 939. The molecule has 25 heavy (non-hydrogen) atoms. The van der Waals surface area contributed by atoms with Crippen LogP contribution < -0.4 is 10.9 Å². The Morgan fingerprint density at radius 3 is 2.80 bits per heavy atom. The van der Waals surface area contributed by atoms with Crippen molar-refractivity contribution >= 4 is 39.5 Å². The molecule has 0 fully saturated rings. The van der Waals surface area contributed by atoms with Crippen LogP contribution in [0, 0.1) is 0 Å². The fourth-order valence-corrected chi connectivity index (χ4v) is 3.72. The molecule has 0 aliphatic carbocycles. The third kappa shape index (κ3) is 3.23. The van der Waals surface area contributed by atoms with Crippen molar-refractivity contribution in [2.45, 2.75) is 18.0 Å². The van der Waals surface area contributed by atoms with E-state index in [1.54, 1.807) is 6.92 Å². The number of anilines is 1. The van der Waals surface area contributed by atoms with Gasteiger partial charge in [-0.3, -0.25) is 4.79 Å². The Morgan fingerprint density at radius 1 is 1.40 bits per heavy atom. The van der Waals surface area contributed by atoms with Crippen LogP contribution in [-0.4, -0.2) is 29.3 Å². The number of carbonyl (C=O) groups excluding carboxylic acids is 1. The van der Waals surface area contributed by atoms with Gasteiger partial charge in [0.15, 0.2) is 5.16 Å².